The van der Waals surface area contributed by atoms with Gasteiger partial charge in [0.25, 0.3) is 0 Å². The van der Waals surface area contributed by atoms with Gasteiger partial charge in [0.05, 0.1) is 19.1 Å². The first-order valence-electron chi connectivity index (χ1n) is 13.1. The summed E-state index contributed by atoms with van der Waals surface area (Å²) < 4.78 is 0. The highest BCUT2D eigenvalue weighted by Gasteiger charge is 2.33. The van der Waals surface area contributed by atoms with E-state index >= 15 is 0 Å². The molecule has 42 heavy (non-hydrogen) atoms. The third-order valence-corrected chi connectivity index (χ3v) is 6.12. The molecule has 2 rings (SSSR count). The summed E-state index contributed by atoms with van der Waals surface area (Å²) in [6.07, 6.45) is -2.16. The molecule has 0 saturated heterocycles. The molecule has 5 amide bonds. The summed E-state index contributed by atoms with van der Waals surface area (Å²) in [6, 6.07) is 11.5. The smallest absolute Gasteiger partial charge is 0.326 e. The second kappa shape index (κ2) is 16.4. The standard InChI is InChI=1S/C28H36N6O8/c1-16(35)24(34-26(39)19(31-23(37)15-29)12-17-8-4-2-5-9-17)27(40)32-20(13-18-10-6-3-7-11-18)25(38)33-21(28(41)42)14-22(30)36/h2-11,16,19-21,24,35H,12-15,29H2,1H3,(H2,30,36)(H,31,37)(H,32,40)(H,33,38)(H,34,39)(H,41,42)/t16-,19+,20+,21+,24+/m1/s1. The average Bonchev–Trinajstić information content (AvgIpc) is 2.95. The van der Waals surface area contributed by atoms with E-state index in [0.29, 0.717) is 11.1 Å². The molecule has 10 N–H and O–H groups in total. The molecule has 0 aliphatic rings. The maximum atomic E-state index is 13.3. The normalized spacial score (nSPS) is 14.3. The van der Waals surface area contributed by atoms with Gasteiger partial charge in [0, 0.05) is 12.8 Å². The van der Waals surface area contributed by atoms with E-state index in [9.17, 15) is 39.0 Å². The number of carbonyl (C=O) groups is 6. The number of carbonyl (C=O) groups excluding carboxylic acids is 5. The lowest BCUT2D eigenvalue weighted by atomic mass is 10.0. The van der Waals surface area contributed by atoms with Crippen LogP contribution in [0, 0.1) is 0 Å². The average molecular weight is 585 g/mol. The number of nitrogens with one attached hydrogen (secondary N) is 4. The first-order chi connectivity index (χ1) is 19.9. The monoisotopic (exact) mass is 584 g/mol. The summed E-state index contributed by atoms with van der Waals surface area (Å²) >= 11 is 0. The number of aliphatic hydroxyl groups excluding tert-OH is 1. The molecule has 5 atom stereocenters. The first kappa shape index (κ1) is 33.4. The maximum absolute atomic E-state index is 13.3. The minimum Gasteiger partial charge on any atom is -0.480 e. The Morgan fingerprint density at radius 1 is 0.714 bits per heavy atom. The largest absolute Gasteiger partial charge is 0.480 e. The number of aliphatic carboxylic acids is 1. The zero-order chi connectivity index (χ0) is 31.2. The zero-order valence-electron chi connectivity index (χ0n) is 23.0. The van der Waals surface area contributed by atoms with E-state index in [1.807, 2.05) is 0 Å². The fourth-order valence-electron chi connectivity index (χ4n) is 3.97. The lowest BCUT2D eigenvalue weighted by Crippen LogP contribution is -2.61. The molecular formula is C28H36N6O8. The number of primary amides is 1. The van der Waals surface area contributed by atoms with E-state index in [-0.39, 0.29) is 19.4 Å². The number of benzene rings is 2. The lowest BCUT2D eigenvalue weighted by Gasteiger charge is -2.27. The van der Waals surface area contributed by atoms with Gasteiger partial charge in [-0.3, -0.25) is 24.0 Å². The molecule has 0 saturated carbocycles. The number of carboxylic acids is 1. The molecule has 226 valence electrons. The van der Waals surface area contributed by atoms with Crippen molar-refractivity contribution >= 4 is 35.5 Å². The van der Waals surface area contributed by atoms with Crippen LogP contribution in [0.4, 0.5) is 0 Å². The Labute approximate surface area is 242 Å². The van der Waals surface area contributed by atoms with Crippen molar-refractivity contribution in [1.82, 2.24) is 21.3 Å². The van der Waals surface area contributed by atoms with Crippen LogP contribution in [0.15, 0.2) is 60.7 Å². The molecule has 2 aromatic carbocycles. The summed E-state index contributed by atoms with van der Waals surface area (Å²) in [7, 11) is 0. The number of aliphatic hydroxyl groups is 1. The first-order valence-corrected chi connectivity index (χ1v) is 13.1. The van der Waals surface area contributed by atoms with Crippen LogP contribution in [0.2, 0.25) is 0 Å². The van der Waals surface area contributed by atoms with Crippen molar-refractivity contribution < 1.29 is 39.0 Å². The van der Waals surface area contributed by atoms with Crippen LogP contribution in [0.3, 0.4) is 0 Å². The Bertz CT molecular complexity index is 1240. The number of hydrogen-bond acceptors (Lipinski definition) is 8. The van der Waals surface area contributed by atoms with Gasteiger partial charge in [-0.15, -0.1) is 0 Å². The molecule has 0 bridgehead atoms. The molecule has 0 aromatic heterocycles. The summed E-state index contributed by atoms with van der Waals surface area (Å²) in [4.78, 5) is 74.5. The van der Waals surface area contributed by atoms with Crippen LogP contribution in [-0.4, -0.2) is 82.5 Å². The van der Waals surface area contributed by atoms with E-state index in [2.05, 4.69) is 21.3 Å². The number of amides is 5. The topological polar surface area (TPSA) is 243 Å². The van der Waals surface area contributed by atoms with Crippen molar-refractivity contribution in [3.8, 4) is 0 Å². The van der Waals surface area contributed by atoms with Gasteiger partial charge in [-0.1, -0.05) is 60.7 Å². The molecule has 0 aliphatic heterocycles. The Kier molecular flexibility index (Phi) is 13.1. The van der Waals surface area contributed by atoms with Crippen LogP contribution in [0.1, 0.15) is 24.5 Å². The number of nitrogens with two attached hydrogens (primary N) is 2. The molecule has 14 nitrogen and oxygen atoms in total. The van der Waals surface area contributed by atoms with Gasteiger partial charge in [-0.25, -0.2) is 4.79 Å². The predicted octanol–water partition coefficient (Wildman–Crippen LogP) is -2.29. The Hall–Kier alpha value is -4.82. The lowest BCUT2D eigenvalue weighted by molar-refractivity contribution is -0.143. The third-order valence-electron chi connectivity index (χ3n) is 6.12. The van der Waals surface area contributed by atoms with E-state index in [1.165, 1.54) is 6.92 Å². The summed E-state index contributed by atoms with van der Waals surface area (Å²) in [5, 5.41) is 29.3. The molecule has 0 heterocycles. The highest BCUT2D eigenvalue weighted by atomic mass is 16.4. The molecule has 0 aliphatic carbocycles. The van der Waals surface area contributed by atoms with E-state index in [4.69, 9.17) is 11.5 Å². The molecule has 0 fully saturated rings. The van der Waals surface area contributed by atoms with E-state index in [1.54, 1.807) is 60.7 Å². The predicted molar refractivity (Wildman–Crippen MR) is 150 cm³/mol. The van der Waals surface area contributed by atoms with Crippen molar-refractivity contribution in [2.24, 2.45) is 11.5 Å². The van der Waals surface area contributed by atoms with Crippen molar-refractivity contribution in [3.63, 3.8) is 0 Å². The summed E-state index contributed by atoms with van der Waals surface area (Å²) in [5.41, 5.74) is 11.8. The van der Waals surface area contributed by atoms with Crippen LogP contribution < -0.4 is 32.7 Å². The second-order valence-electron chi connectivity index (χ2n) is 9.56. The SMILES string of the molecule is C[C@@H](O)[C@H](NC(=O)[C@H](Cc1ccccc1)NC(=O)CN)C(=O)N[C@@H](Cc1ccccc1)C(=O)N[C@@H](CC(N)=O)C(=O)O. The minimum atomic E-state index is -1.65. The maximum Gasteiger partial charge on any atom is 0.326 e. The van der Waals surface area contributed by atoms with Crippen LogP contribution in [-0.2, 0) is 41.6 Å². The van der Waals surface area contributed by atoms with Crippen LogP contribution >= 0.6 is 0 Å². The highest BCUT2D eigenvalue weighted by Crippen LogP contribution is 2.08. The molecular weight excluding hydrogens is 548 g/mol. The van der Waals surface area contributed by atoms with Crippen molar-refractivity contribution in [2.45, 2.75) is 56.5 Å². The van der Waals surface area contributed by atoms with Crippen molar-refractivity contribution in [1.29, 1.82) is 0 Å². The number of carboxylic acid groups (broad SMARTS) is 1. The van der Waals surface area contributed by atoms with Gasteiger partial charge < -0.3 is 42.9 Å². The summed E-state index contributed by atoms with van der Waals surface area (Å²) in [6.45, 7) is 0.858. The fraction of sp³-hybridized carbons (Fsp3) is 0.357. The van der Waals surface area contributed by atoms with Crippen LogP contribution in [0.5, 0.6) is 0 Å². The Morgan fingerprint density at radius 3 is 1.60 bits per heavy atom. The van der Waals surface area contributed by atoms with Gasteiger partial charge >= 0.3 is 5.97 Å². The van der Waals surface area contributed by atoms with Crippen LogP contribution in [0.25, 0.3) is 0 Å². The highest BCUT2D eigenvalue weighted by molar-refractivity contribution is 5.96. The van der Waals surface area contributed by atoms with E-state index in [0.717, 1.165) is 0 Å². The van der Waals surface area contributed by atoms with Gasteiger partial charge in [0.1, 0.15) is 24.2 Å². The molecule has 0 unspecified atom stereocenters. The van der Waals surface area contributed by atoms with Crippen molar-refractivity contribution in [2.75, 3.05) is 6.54 Å². The Balaban J connectivity index is 2.27. The van der Waals surface area contributed by atoms with Gasteiger partial charge in [0.15, 0.2) is 0 Å². The molecule has 2 aromatic rings. The molecule has 0 spiro atoms. The third kappa shape index (κ3) is 11.0. The quantitative estimate of drug-likeness (QED) is 0.106. The Morgan fingerprint density at radius 2 is 1.17 bits per heavy atom. The molecule has 0 radical (unpaired) electrons. The van der Waals surface area contributed by atoms with Gasteiger partial charge in [-0.2, -0.15) is 0 Å². The summed E-state index contributed by atoms with van der Waals surface area (Å²) in [5.74, 6) is -5.78. The van der Waals surface area contributed by atoms with Gasteiger partial charge in [0.2, 0.25) is 29.5 Å². The molecule has 14 heteroatoms. The number of rotatable bonds is 16. The van der Waals surface area contributed by atoms with Crippen molar-refractivity contribution in [3.05, 3.63) is 71.8 Å². The number of hydrogen-bond donors (Lipinski definition) is 8. The van der Waals surface area contributed by atoms with E-state index < -0.39 is 72.2 Å². The zero-order valence-corrected chi connectivity index (χ0v) is 23.0. The fourth-order valence-corrected chi connectivity index (χ4v) is 3.97. The second-order valence-corrected chi connectivity index (χ2v) is 9.56. The minimum absolute atomic E-state index is 0.0576. The van der Waals surface area contributed by atoms with Gasteiger partial charge in [-0.05, 0) is 18.1 Å².